The maximum absolute atomic E-state index is 12.2. The highest BCUT2D eigenvalue weighted by Crippen LogP contribution is 2.24. The molecule has 6 heteroatoms. The highest BCUT2D eigenvalue weighted by atomic mass is 16.5. The maximum atomic E-state index is 12.2. The third-order valence-electron chi connectivity index (χ3n) is 3.63. The van der Waals surface area contributed by atoms with Crippen LogP contribution in [0.2, 0.25) is 0 Å². The minimum absolute atomic E-state index is 0.194. The van der Waals surface area contributed by atoms with Crippen molar-refractivity contribution in [3.63, 3.8) is 0 Å². The molecule has 2 amide bonds. The summed E-state index contributed by atoms with van der Waals surface area (Å²) in [5.74, 6) is 0.744. The van der Waals surface area contributed by atoms with E-state index in [2.05, 4.69) is 15.7 Å². The lowest BCUT2D eigenvalue weighted by atomic mass is 10.1. The Morgan fingerprint density at radius 1 is 1.17 bits per heavy atom. The SMILES string of the molecule is COc1ccccc1[C@H](C)NC(=O)Nn1cnc2ccccc21. The fourth-order valence-corrected chi connectivity index (χ4v) is 2.49. The monoisotopic (exact) mass is 310 g/mol. The number of ether oxygens (including phenoxy) is 1. The number of hydrogen-bond acceptors (Lipinski definition) is 3. The van der Waals surface area contributed by atoms with Crippen molar-refractivity contribution >= 4 is 17.1 Å². The van der Waals surface area contributed by atoms with Gasteiger partial charge < -0.3 is 10.1 Å². The Kier molecular flexibility index (Phi) is 4.14. The number of rotatable bonds is 4. The van der Waals surface area contributed by atoms with Crippen molar-refractivity contribution in [2.45, 2.75) is 13.0 Å². The fourth-order valence-electron chi connectivity index (χ4n) is 2.49. The van der Waals surface area contributed by atoms with Crippen molar-refractivity contribution in [2.24, 2.45) is 0 Å². The number of nitrogens with zero attached hydrogens (tertiary/aromatic N) is 2. The first-order valence-electron chi connectivity index (χ1n) is 7.31. The van der Waals surface area contributed by atoms with E-state index in [9.17, 15) is 4.79 Å². The molecule has 0 aliphatic carbocycles. The Balaban J connectivity index is 1.72. The molecule has 0 saturated carbocycles. The van der Waals surface area contributed by atoms with E-state index in [0.29, 0.717) is 0 Å². The summed E-state index contributed by atoms with van der Waals surface area (Å²) in [5.41, 5.74) is 5.35. The molecule has 118 valence electrons. The van der Waals surface area contributed by atoms with Crippen LogP contribution in [0.3, 0.4) is 0 Å². The summed E-state index contributed by atoms with van der Waals surface area (Å²) in [5, 5.41) is 2.90. The number of para-hydroxylation sites is 3. The number of urea groups is 1. The number of carbonyl (C=O) groups is 1. The van der Waals surface area contributed by atoms with Crippen LogP contribution in [0.15, 0.2) is 54.9 Å². The molecule has 3 aromatic rings. The van der Waals surface area contributed by atoms with Crippen LogP contribution in [0.25, 0.3) is 11.0 Å². The molecule has 0 aliphatic rings. The predicted octanol–water partition coefficient (Wildman–Crippen LogP) is 3.06. The van der Waals surface area contributed by atoms with E-state index in [-0.39, 0.29) is 12.1 Å². The number of nitrogens with one attached hydrogen (secondary N) is 2. The molecule has 1 aromatic heterocycles. The summed E-state index contributed by atoms with van der Waals surface area (Å²) in [6.45, 7) is 1.91. The Morgan fingerprint density at radius 2 is 1.91 bits per heavy atom. The molecule has 0 radical (unpaired) electrons. The largest absolute Gasteiger partial charge is 0.496 e. The van der Waals surface area contributed by atoms with Gasteiger partial charge in [-0.2, -0.15) is 0 Å². The lowest BCUT2D eigenvalue weighted by molar-refractivity contribution is 0.246. The molecule has 1 heterocycles. The first-order valence-corrected chi connectivity index (χ1v) is 7.31. The van der Waals surface area contributed by atoms with E-state index < -0.39 is 0 Å². The first-order chi connectivity index (χ1) is 11.2. The maximum Gasteiger partial charge on any atom is 0.334 e. The van der Waals surface area contributed by atoms with E-state index in [1.54, 1.807) is 18.1 Å². The number of imidazole rings is 1. The van der Waals surface area contributed by atoms with Gasteiger partial charge in [0.05, 0.1) is 24.2 Å². The zero-order chi connectivity index (χ0) is 16.2. The number of fused-ring (bicyclic) bond motifs is 1. The summed E-state index contributed by atoms with van der Waals surface area (Å²) in [6.07, 6.45) is 1.58. The van der Waals surface area contributed by atoms with Gasteiger partial charge in [0, 0.05) is 5.56 Å². The molecule has 0 aliphatic heterocycles. The van der Waals surface area contributed by atoms with Gasteiger partial charge in [0.1, 0.15) is 12.1 Å². The average Bonchev–Trinajstić information content (AvgIpc) is 2.97. The molecule has 23 heavy (non-hydrogen) atoms. The second-order valence-electron chi connectivity index (χ2n) is 5.15. The Labute approximate surface area is 134 Å². The summed E-state index contributed by atoms with van der Waals surface area (Å²) >= 11 is 0. The van der Waals surface area contributed by atoms with Crippen LogP contribution in [0.5, 0.6) is 5.75 Å². The average molecular weight is 310 g/mol. The van der Waals surface area contributed by atoms with Crippen LogP contribution in [-0.2, 0) is 0 Å². The number of amides is 2. The molecule has 0 fully saturated rings. The predicted molar refractivity (Wildman–Crippen MR) is 89.0 cm³/mol. The molecule has 0 saturated heterocycles. The van der Waals surface area contributed by atoms with Crippen LogP contribution in [0.4, 0.5) is 4.79 Å². The minimum atomic E-state index is -0.313. The Bertz CT molecular complexity index is 828. The summed E-state index contributed by atoms with van der Waals surface area (Å²) in [7, 11) is 1.61. The van der Waals surface area contributed by atoms with E-state index in [0.717, 1.165) is 22.3 Å². The molecule has 0 bridgehead atoms. The number of hydrogen-bond donors (Lipinski definition) is 2. The molecule has 0 unspecified atom stereocenters. The molecule has 3 rings (SSSR count). The van der Waals surface area contributed by atoms with Crippen molar-refractivity contribution in [3.05, 3.63) is 60.4 Å². The van der Waals surface area contributed by atoms with Gasteiger partial charge in [-0.1, -0.05) is 30.3 Å². The summed E-state index contributed by atoms with van der Waals surface area (Å²) < 4.78 is 6.92. The number of benzene rings is 2. The zero-order valence-electron chi connectivity index (χ0n) is 13.0. The second kappa shape index (κ2) is 6.39. The summed E-state index contributed by atoms with van der Waals surface area (Å²) in [4.78, 5) is 16.5. The standard InChI is InChI=1S/C17H18N4O2/c1-12(13-7-3-6-10-16(13)23-2)19-17(22)20-21-11-18-14-8-4-5-9-15(14)21/h3-12H,1-2H3,(H2,19,20,22)/t12-/m0/s1. The Hall–Kier alpha value is -3.02. The van der Waals surface area contributed by atoms with Crippen LogP contribution < -0.4 is 15.5 Å². The van der Waals surface area contributed by atoms with Crippen molar-refractivity contribution in [1.82, 2.24) is 15.0 Å². The molecule has 1 atom stereocenters. The van der Waals surface area contributed by atoms with Gasteiger partial charge in [-0.05, 0) is 25.1 Å². The van der Waals surface area contributed by atoms with E-state index in [4.69, 9.17) is 4.74 Å². The lowest BCUT2D eigenvalue weighted by Gasteiger charge is -2.18. The third-order valence-corrected chi connectivity index (χ3v) is 3.63. The molecule has 6 nitrogen and oxygen atoms in total. The smallest absolute Gasteiger partial charge is 0.334 e. The number of aromatic nitrogens is 2. The van der Waals surface area contributed by atoms with Crippen LogP contribution in [-0.4, -0.2) is 22.8 Å². The highest BCUT2D eigenvalue weighted by Gasteiger charge is 2.14. The van der Waals surface area contributed by atoms with Gasteiger partial charge >= 0.3 is 6.03 Å². The van der Waals surface area contributed by atoms with E-state index in [1.807, 2.05) is 55.5 Å². The molecular formula is C17H18N4O2. The van der Waals surface area contributed by atoms with E-state index in [1.165, 1.54) is 0 Å². The lowest BCUT2D eigenvalue weighted by Crippen LogP contribution is -2.35. The van der Waals surface area contributed by atoms with E-state index >= 15 is 0 Å². The van der Waals surface area contributed by atoms with Gasteiger partial charge in [-0.25, -0.2) is 19.9 Å². The van der Waals surface area contributed by atoms with Gasteiger partial charge in [-0.15, -0.1) is 0 Å². The third kappa shape index (κ3) is 3.11. The number of methoxy groups -OCH3 is 1. The quantitative estimate of drug-likeness (QED) is 0.778. The normalized spacial score (nSPS) is 11.9. The topological polar surface area (TPSA) is 68.2 Å². The van der Waals surface area contributed by atoms with Crippen molar-refractivity contribution < 1.29 is 9.53 Å². The van der Waals surface area contributed by atoms with Crippen LogP contribution >= 0.6 is 0 Å². The van der Waals surface area contributed by atoms with Crippen molar-refractivity contribution in [2.75, 3.05) is 12.5 Å². The van der Waals surface area contributed by atoms with Crippen LogP contribution in [0, 0.1) is 0 Å². The minimum Gasteiger partial charge on any atom is -0.496 e. The zero-order valence-corrected chi connectivity index (χ0v) is 13.0. The summed E-state index contributed by atoms with van der Waals surface area (Å²) in [6, 6.07) is 14.7. The first kappa shape index (κ1) is 14.9. The van der Waals surface area contributed by atoms with Gasteiger partial charge in [0.2, 0.25) is 0 Å². The molecule has 0 spiro atoms. The van der Waals surface area contributed by atoms with Gasteiger partial charge in [0.15, 0.2) is 0 Å². The Morgan fingerprint density at radius 3 is 2.74 bits per heavy atom. The number of carbonyl (C=O) groups excluding carboxylic acids is 1. The molecule has 2 N–H and O–H groups in total. The van der Waals surface area contributed by atoms with Crippen LogP contribution in [0.1, 0.15) is 18.5 Å². The van der Waals surface area contributed by atoms with Gasteiger partial charge in [0.25, 0.3) is 0 Å². The van der Waals surface area contributed by atoms with Crippen molar-refractivity contribution in [3.8, 4) is 5.75 Å². The van der Waals surface area contributed by atoms with Crippen molar-refractivity contribution in [1.29, 1.82) is 0 Å². The molecule has 2 aromatic carbocycles. The molecular weight excluding hydrogens is 292 g/mol. The second-order valence-corrected chi connectivity index (χ2v) is 5.15. The fraction of sp³-hybridized carbons (Fsp3) is 0.176. The highest BCUT2D eigenvalue weighted by molar-refractivity contribution is 5.85. The van der Waals surface area contributed by atoms with Gasteiger partial charge in [-0.3, -0.25) is 0 Å².